The van der Waals surface area contributed by atoms with Gasteiger partial charge in [0.25, 0.3) is 0 Å². The number of aliphatic hydroxyl groups is 1. The van der Waals surface area contributed by atoms with Crippen molar-refractivity contribution >= 4 is 21.4 Å². The Kier molecular flexibility index (Phi) is 3.96. The van der Waals surface area contributed by atoms with Crippen molar-refractivity contribution in [3.05, 3.63) is 29.3 Å². The second kappa shape index (κ2) is 5.08. The van der Waals surface area contributed by atoms with Crippen molar-refractivity contribution in [1.82, 2.24) is 0 Å². The standard InChI is InChI=1S/C14H19ClO3S/c1-14(2)8-7-11(16)13(9-14)19(17,18)12-6-4-3-5-10(12)15/h3-6,11,13,16H,7-9H2,1-2H3. The van der Waals surface area contributed by atoms with Crippen molar-refractivity contribution in [2.75, 3.05) is 0 Å². The summed E-state index contributed by atoms with van der Waals surface area (Å²) in [7, 11) is -3.59. The monoisotopic (exact) mass is 302 g/mol. The van der Waals surface area contributed by atoms with Crippen molar-refractivity contribution in [3.63, 3.8) is 0 Å². The molecule has 0 amide bonds. The van der Waals surface area contributed by atoms with Crippen LogP contribution in [-0.2, 0) is 9.84 Å². The number of benzene rings is 1. The van der Waals surface area contributed by atoms with Gasteiger partial charge in [0.15, 0.2) is 9.84 Å². The van der Waals surface area contributed by atoms with Crippen molar-refractivity contribution in [1.29, 1.82) is 0 Å². The van der Waals surface area contributed by atoms with E-state index in [0.717, 1.165) is 6.42 Å². The zero-order chi connectivity index (χ0) is 14.3. The third-order valence-corrected chi connectivity index (χ3v) is 6.53. The molecule has 1 aromatic carbocycles. The minimum absolute atomic E-state index is 0.0712. The molecule has 5 heteroatoms. The van der Waals surface area contributed by atoms with E-state index in [1.165, 1.54) is 6.07 Å². The smallest absolute Gasteiger partial charge is 0.185 e. The summed E-state index contributed by atoms with van der Waals surface area (Å²) < 4.78 is 25.3. The molecule has 0 bridgehead atoms. The molecule has 1 aliphatic rings. The molecule has 2 atom stereocenters. The Morgan fingerprint density at radius 3 is 2.58 bits per heavy atom. The Morgan fingerprint density at radius 2 is 1.95 bits per heavy atom. The highest BCUT2D eigenvalue weighted by Gasteiger charge is 2.42. The minimum Gasteiger partial charge on any atom is -0.392 e. The summed E-state index contributed by atoms with van der Waals surface area (Å²) in [4.78, 5) is 0.124. The molecule has 1 aromatic rings. The Balaban J connectivity index is 2.42. The first-order valence-electron chi connectivity index (χ1n) is 6.40. The van der Waals surface area contributed by atoms with Gasteiger partial charge >= 0.3 is 0 Å². The molecular formula is C14H19ClO3S. The van der Waals surface area contributed by atoms with Crippen LogP contribution in [0, 0.1) is 5.41 Å². The van der Waals surface area contributed by atoms with Gasteiger partial charge in [-0.15, -0.1) is 0 Å². The Labute approximate surface area is 119 Å². The van der Waals surface area contributed by atoms with E-state index in [4.69, 9.17) is 11.6 Å². The van der Waals surface area contributed by atoms with Gasteiger partial charge in [0.05, 0.1) is 21.3 Å². The fourth-order valence-electron chi connectivity index (χ4n) is 2.66. The molecule has 0 aliphatic heterocycles. The van der Waals surface area contributed by atoms with E-state index >= 15 is 0 Å². The van der Waals surface area contributed by atoms with Crippen LogP contribution >= 0.6 is 11.6 Å². The molecule has 1 saturated carbocycles. The van der Waals surface area contributed by atoms with Gasteiger partial charge < -0.3 is 5.11 Å². The van der Waals surface area contributed by atoms with Gasteiger partial charge in [-0.25, -0.2) is 8.42 Å². The van der Waals surface area contributed by atoms with Crippen LogP contribution in [0.1, 0.15) is 33.1 Å². The van der Waals surface area contributed by atoms with E-state index in [-0.39, 0.29) is 15.3 Å². The Hall–Kier alpha value is -0.580. The number of sulfone groups is 1. The number of aliphatic hydroxyl groups excluding tert-OH is 1. The fraction of sp³-hybridized carbons (Fsp3) is 0.571. The van der Waals surface area contributed by atoms with Gasteiger partial charge in [-0.05, 0) is 36.8 Å². The fourth-order valence-corrected chi connectivity index (χ4v) is 5.28. The van der Waals surface area contributed by atoms with E-state index in [9.17, 15) is 13.5 Å². The van der Waals surface area contributed by atoms with E-state index in [2.05, 4.69) is 0 Å². The van der Waals surface area contributed by atoms with Crippen LogP contribution in [0.15, 0.2) is 29.2 Å². The van der Waals surface area contributed by atoms with Crippen molar-refractivity contribution in [3.8, 4) is 0 Å². The van der Waals surface area contributed by atoms with Crippen LogP contribution in [0.4, 0.5) is 0 Å². The van der Waals surface area contributed by atoms with E-state index in [1.54, 1.807) is 18.2 Å². The number of halogens is 1. The van der Waals surface area contributed by atoms with Crippen molar-refractivity contribution in [2.45, 2.75) is 49.4 Å². The lowest BCUT2D eigenvalue weighted by Gasteiger charge is -2.38. The highest BCUT2D eigenvalue weighted by molar-refractivity contribution is 7.92. The predicted octanol–water partition coefficient (Wildman–Crippen LogP) is 3.05. The quantitative estimate of drug-likeness (QED) is 0.913. The lowest BCUT2D eigenvalue weighted by Crippen LogP contribution is -2.42. The number of hydrogen-bond acceptors (Lipinski definition) is 3. The number of rotatable bonds is 2. The average Bonchev–Trinajstić information content (AvgIpc) is 2.32. The van der Waals surface area contributed by atoms with Crippen LogP contribution in [0.5, 0.6) is 0 Å². The van der Waals surface area contributed by atoms with Gasteiger partial charge in [-0.1, -0.05) is 37.6 Å². The molecule has 0 radical (unpaired) electrons. The van der Waals surface area contributed by atoms with Crippen LogP contribution in [0.25, 0.3) is 0 Å². The minimum atomic E-state index is -3.59. The molecule has 1 aliphatic carbocycles. The first kappa shape index (κ1) is 14.8. The summed E-state index contributed by atoms with van der Waals surface area (Å²) in [5.41, 5.74) is -0.0712. The van der Waals surface area contributed by atoms with Crippen LogP contribution in [0.3, 0.4) is 0 Å². The molecule has 1 N–H and O–H groups in total. The highest BCUT2D eigenvalue weighted by atomic mass is 35.5. The zero-order valence-electron chi connectivity index (χ0n) is 11.1. The molecule has 19 heavy (non-hydrogen) atoms. The topological polar surface area (TPSA) is 54.4 Å². The van der Waals surface area contributed by atoms with Gasteiger partial charge in [0, 0.05) is 0 Å². The van der Waals surface area contributed by atoms with Gasteiger partial charge in [0.2, 0.25) is 0 Å². The lowest BCUT2D eigenvalue weighted by atomic mass is 9.76. The summed E-state index contributed by atoms with van der Waals surface area (Å²) in [6.07, 6.45) is 1.00. The Bertz CT molecular complexity index is 566. The van der Waals surface area contributed by atoms with Crippen molar-refractivity contribution in [2.24, 2.45) is 5.41 Å². The summed E-state index contributed by atoms with van der Waals surface area (Å²) in [5, 5.41) is 9.52. The van der Waals surface area contributed by atoms with E-state index < -0.39 is 21.2 Å². The van der Waals surface area contributed by atoms with Gasteiger partial charge in [-0.3, -0.25) is 0 Å². The SMILES string of the molecule is CC1(C)CCC(O)C(S(=O)(=O)c2ccccc2Cl)C1. The summed E-state index contributed by atoms with van der Waals surface area (Å²) in [5.74, 6) is 0. The number of hydrogen-bond donors (Lipinski definition) is 1. The van der Waals surface area contributed by atoms with E-state index in [0.29, 0.717) is 12.8 Å². The summed E-state index contributed by atoms with van der Waals surface area (Å²) >= 11 is 5.99. The van der Waals surface area contributed by atoms with Gasteiger partial charge in [0.1, 0.15) is 0 Å². The van der Waals surface area contributed by atoms with Crippen LogP contribution < -0.4 is 0 Å². The maximum Gasteiger partial charge on any atom is 0.185 e. The maximum atomic E-state index is 12.7. The molecule has 2 unspecified atom stereocenters. The molecule has 1 fully saturated rings. The molecule has 2 rings (SSSR count). The maximum absolute atomic E-state index is 12.7. The molecule has 0 spiro atoms. The lowest BCUT2D eigenvalue weighted by molar-refractivity contribution is 0.0835. The zero-order valence-corrected chi connectivity index (χ0v) is 12.7. The van der Waals surface area contributed by atoms with Gasteiger partial charge in [-0.2, -0.15) is 0 Å². The molecule has 106 valence electrons. The Morgan fingerprint density at radius 1 is 1.32 bits per heavy atom. The molecule has 0 heterocycles. The van der Waals surface area contributed by atoms with E-state index in [1.807, 2.05) is 13.8 Å². The average molecular weight is 303 g/mol. The van der Waals surface area contributed by atoms with Crippen LogP contribution in [0.2, 0.25) is 5.02 Å². The summed E-state index contributed by atoms with van der Waals surface area (Å²) in [6.45, 7) is 4.07. The van der Waals surface area contributed by atoms with Crippen LogP contribution in [-0.4, -0.2) is 24.9 Å². The summed E-state index contributed by atoms with van der Waals surface area (Å²) in [6, 6.07) is 6.42. The predicted molar refractivity (Wildman–Crippen MR) is 76.1 cm³/mol. The molecular weight excluding hydrogens is 284 g/mol. The third kappa shape index (κ3) is 2.96. The molecule has 3 nitrogen and oxygen atoms in total. The third-order valence-electron chi connectivity index (χ3n) is 3.84. The molecule has 0 aromatic heterocycles. The first-order valence-corrected chi connectivity index (χ1v) is 8.33. The second-order valence-corrected chi connectivity index (χ2v) is 8.53. The second-order valence-electron chi connectivity index (χ2n) is 5.99. The first-order chi connectivity index (χ1) is 8.74. The largest absolute Gasteiger partial charge is 0.392 e. The molecule has 0 saturated heterocycles. The van der Waals surface area contributed by atoms with Crippen molar-refractivity contribution < 1.29 is 13.5 Å². The normalized spacial score (nSPS) is 27.2. The highest BCUT2D eigenvalue weighted by Crippen LogP contribution is 2.40.